The molecule has 1 unspecified atom stereocenters. The topological polar surface area (TPSA) is 83.9 Å². The Hall–Kier alpha value is -3.57. The van der Waals surface area contributed by atoms with E-state index in [-0.39, 0.29) is 47.0 Å². The van der Waals surface area contributed by atoms with Gasteiger partial charge in [-0.15, -0.1) is 0 Å². The quantitative estimate of drug-likeness (QED) is 0.230. The van der Waals surface area contributed by atoms with Gasteiger partial charge in [-0.1, -0.05) is 35.9 Å². The number of nitrogens with zero attached hydrogens (tertiary/aromatic N) is 1. The molecule has 212 valence electrons. The number of aryl methyl sites for hydroxylation is 1. The van der Waals surface area contributed by atoms with Crippen LogP contribution in [0.1, 0.15) is 42.0 Å². The molecular formula is C28H24ClF4NO5S. The molecule has 0 saturated carbocycles. The average Bonchev–Trinajstić information content (AvgIpc) is 2.86. The van der Waals surface area contributed by atoms with E-state index >= 15 is 0 Å². The van der Waals surface area contributed by atoms with Crippen LogP contribution in [0.15, 0.2) is 59.5 Å². The Morgan fingerprint density at radius 3 is 2.55 bits per heavy atom. The van der Waals surface area contributed by atoms with E-state index in [1.54, 1.807) is 19.1 Å². The fourth-order valence-electron chi connectivity index (χ4n) is 4.47. The van der Waals surface area contributed by atoms with Crippen LogP contribution in [0, 0.1) is 12.7 Å². The molecule has 0 bridgehead atoms. The fourth-order valence-corrected chi connectivity index (χ4v) is 6.31. The maximum absolute atomic E-state index is 14.4. The second-order valence-corrected chi connectivity index (χ2v) is 11.6. The predicted molar refractivity (Wildman–Crippen MR) is 143 cm³/mol. The lowest BCUT2D eigenvalue weighted by molar-refractivity contribution is -0.138. The first-order chi connectivity index (χ1) is 18.7. The first-order valence-corrected chi connectivity index (χ1v) is 13.9. The zero-order valence-electron chi connectivity index (χ0n) is 21.3. The number of anilines is 1. The molecule has 0 amide bonds. The minimum Gasteiger partial charge on any atom is -0.486 e. The van der Waals surface area contributed by atoms with E-state index in [9.17, 15) is 30.8 Å². The monoisotopic (exact) mass is 597 g/mol. The first kappa shape index (κ1) is 29.4. The van der Waals surface area contributed by atoms with E-state index in [1.165, 1.54) is 37.3 Å². The average molecular weight is 598 g/mol. The number of carbonyl (C=O) groups is 1. The van der Waals surface area contributed by atoms with Crippen LogP contribution in [-0.4, -0.2) is 32.1 Å². The third-order valence-electron chi connectivity index (χ3n) is 6.44. The van der Waals surface area contributed by atoms with Gasteiger partial charge < -0.3 is 9.84 Å². The maximum atomic E-state index is 14.4. The number of sulfonamides is 1. The zero-order valence-corrected chi connectivity index (χ0v) is 22.9. The Morgan fingerprint density at radius 1 is 1.18 bits per heavy atom. The second kappa shape index (κ2) is 11.1. The number of allylic oxidation sites excluding steroid dienone is 1. The van der Waals surface area contributed by atoms with Crippen LogP contribution in [0.4, 0.5) is 23.2 Å². The highest BCUT2D eigenvalue weighted by atomic mass is 35.5. The molecule has 1 heterocycles. The summed E-state index contributed by atoms with van der Waals surface area (Å²) < 4.78 is 89.5. The highest BCUT2D eigenvalue weighted by Crippen LogP contribution is 2.41. The Kier molecular flexibility index (Phi) is 8.18. The molecule has 1 aliphatic rings. The number of aliphatic carboxylic acids is 1. The number of carboxylic acids is 1. The number of benzene rings is 3. The standard InChI is InChI=1S/C28H24ClF4NO5S/c1-16-6-9-20(14-21(16)28(31,32)33)40(37,38)34-15-19(8-11-26(35)36)39-25-10-7-18(13-24(25)34)12-17(2)27-22(29)4-3-5-23(27)30/h3-7,9-10,12-14,19H,8,11,15H2,1-2H3,(H,35,36). The summed E-state index contributed by atoms with van der Waals surface area (Å²) in [5, 5.41) is 9.27. The highest BCUT2D eigenvalue weighted by Gasteiger charge is 2.38. The number of rotatable bonds is 7. The lowest BCUT2D eigenvalue weighted by Gasteiger charge is -2.35. The maximum Gasteiger partial charge on any atom is 0.416 e. The van der Waals surface area contributed by atoms with Crippen LogP contribution in [0.3, 0.4) is 0 Å². The van der Waals surface area contributed by atoms with Gasteiger partial charge in [-0.05, 0) is 73.4 Å². The van der Waals surface area contributed by atoms with Gasteiger partial charge in [0.05, 0.1) is 27.7 Å². The number of hydrogen-bond donors (Lipinski definition) is 1. The molecule has 1 N–H and O–H groups in total. The second-order valence-electron chi connectivity index (χ2n) is 9.33. The van der Waals surface area contributed by atoms with Crippen LogP contribution in [0.2, 0.25) is 5.02 Å². The van der Waals surface area contributed by atoms with E-state index < -0.39 is 44.5 Å². The van der Waals surface area contributed by atoms with Gasteiger partial charge in [-0.3, -0.25) is 9.10 Å². The molecule has 3 aromatic carbocycles. The van der Waals surface area contributed by atoms with Crippen molar-refractivity contribution in [1.82, 2.24) is 0 Å². The van der Waals surface area contributed by atoms with Crippen LogP contribution < -0.4 is 9.04 Å². The van der Waals surface area contributed by atoms with Gasteiger partial charge in [-0.25, -0.2) is 12.8 Å². The van der Waals surface area contributed by atoms with Crippen LogP contribution in [0.5, 0.6) is 5.75 Å². The number of fused-ring (bicyclic) bond motifs is 1. The van der Waals surface area contributed by atoms with Crippen molar-refractivity contribution >= 4 is 44.9 Å². The van der Waals surface area contributed by atoms with E-state index in [2.05, 4.69) is 0 Å². The molecule has 0 radical (unpaired) electrons. The number of hydrogen-bond acceptors (Lipinski definition) is 4. The molecule has 6 nitrogen and oxygen atoms in total. The first-order valence-electron chi connectivity index (χ1n) is 12.0. The predicted octanol–water partition coefficient (Wildman–Crippen LogP) is 7.19. The normalized spacial score (nSPS) is 15.9. The minimum atomic E-state index is -4.77. The summed E-state index contributed by atoms with van der Waals surface area (Å²) >= 11 is 6.17. The molecule has 0 aromatic heterocycles. The van der Waals surface area contributed by atoms with Gasteiger partial charge in [0.1, 0.15) is 17.7 Å². The molecule has 0 aliphatic carbocycles. The van der Waals surface area contributed by atoms with Crippen molar-refractivity contribution in [2.75, 3.05) is 10.8 Å². The van der Waals surface area contributed by atoms with Crippen molar-refractivity contribution in [3.8, 4) is 5.75 Å². The van der Waals surface area contributed by atoms with E-state index in [0.717, 1.165) is 16.4 Å². The van der Waals surface area contributed by atoms with Crippen molar-refractivity contribution in [3.05, 3.63) is 87.7 Å². The van der Waals surface area contributed by atoms with Crippen LogP contribution in [-0.2, 0) is 21.0 Å². The Balaban J connectivity index is 1.82. The van der Waals surface area contributed by atoms with Crippen molar-refractivity contribution in [2.24, 2.45) is 0 Å². The third kappa shape index (κ3) is 6.10. The zero-order chi connectivity index (χ0) is 29.4. The molecule has 3 aromatic rings. The molecule has 0 saturated heterocycles. The molecule has 1 atom stereocenters. The van der Waals surface area contributed by atoms with Crippen LogP contribution in [0.25, 0.3) is 11.6 Å². The fraction of sp³-hybridized carbons (Fsp3) is 0.250. The van der Waals surface area contributed by atoms with Gasteiger partial charge in [-0.2, -0.15) is 13.2 Å². The summed E-state index contributed by atoms with van der Waals surface area (Å²) in [7, 11) is -4.55. The largest absolute Gasteiger partial charge is 0.486 e. The van der Waals surface area contributed by atoms with Crippen molar-refractivity contribution in [3.63, 3.8) is 0 Å². The van der Waals surface area contributed by atoms with Crippen molar-refractivity contribution in [2.45, 2.75) is 43.9 Å². The molecule has 0 fully saturated rings. The number of carboxylic acid groups (broad SMARTS) is 1. The summed E-state index contributed by atoms with van der Waals surface area (Å²) in [6.07, 6.45) is -4.40. The smallest absolute Gasteiger partial charge is 0.416 e. The number of alkyl halides is 3. The number of halogens is 5. The lowest BCUT2D eigenvalue weighted by atomic mass is 10.0. The molecule has 0 spiro atoms. The Bertz CT molecular complexity index is 1580. The molecule has 12 heteroatoms. The lowest BCUT2D eigenvalue weighted by Crippen LogP contribution is -2.43. The summed E-state index contributed by atoms with van der Waals surface area (Å²) in [4.78, 5) is 10.5. The van der Waals surface area contributed by atoms with Gasteiger partial charge in [0, 0.05) is 12.0 Å². The minimum absolute atomic E-state index is 0.0327. The SMILES string of the molecule is CC(=Cc1ccc2c(c1)N(S(=O)(=O)c1ccc(C)c(C(F)(F)F)c1)CC(CCC(=O)O)O2)c1c(F)cccc1Cl. The van der Waals surface area contributed by atoms with Gasteiger partial charge in [0.25, 0.3) is 10.0 Å². The number of ether oxygens (including phenoxy) is 1. The van der Waals surface area contributed by atoms with E-state index in [1.807, 2.05) is 0 Å². The van der Waals surface area contributed by atoms with Gasteiger partial charge in [0.2, 0.25) is 0 Å². The van der Waals surface area contributed by atoms with Crippen molar-refractivity contribution < 1.29 is 40.6 Å². The van der Waals surface area contributed by atoms with Gasteiger partial charge in [0.15, 0.2) is 0 Å². The summed E-state index contributed by atoms with van der Waals surface area (Å²) in [5.41, 5.74) is -0.121. The van der Waals surface area contributed by atoms with Crippen LogP contribution >= 0.6 is 11.6 Å². The van der Waals surface area contributed by atoms with E-state index in [0.29, 0.717) is 17.2 Å². The molecular weight excluding hydrogens is 574 g/mol. The summed E-state index contributed by atoms with van der Waals surface area (Å²) in [5.74, 6) is -1.56. The molecule has 1 aliphatic heterocycles. The Labute approximate surface area is 233 Å². The highest BCUT2D eigenvalue weighted by molar-refractivity contribution is 7.92. The Morgan fingerprint density at radius 2 is 1.90 bits per heavy atom. The molecule has 40 heavy (non-hydrogen) atoms. The third-order valence-corrected chi connectivity index (χ3v) is 8.53. The van der Waals surface area contributed by atoms with Crippen molar-refractivity contribution in [1.29, 1.82) is 0 Å². The molecule has 4 rings (SSSR count). The van der Waals surface area contributed by atoms with Gasteiger partial charge >= 0.3 is 12.1 Å². The van der Waals surface area contributed by atoms with E-state index in [4.69, 9.17) is 21.4 Å². The summed E-state index contributed by atoms with van der Waals surface area (Å²) in [6.45, 7) is 2.53. The summed E-state index contributed by atoms with van der Waals surface area (Å²) in [6, 6.07) is 11.5.